The van der Waals surface area contributed by atoms with Gasteiger partial charge in [0.1, 0.15) is 0 Å². The summed E-state index contributed by atoms with van der Waals surface area (Å²) in [6.07, 6.45) is 0.754. The van der Waals surface area contributed by atoms with Crippen molar-refractivity contribution in [2.75, 3.05) is 18.5 Å². The first-order chi connectivity index (χ1) is 8.07. The molecule has 17 heavy (non-hydrogen) atoms. The van der Waals surface area contributed by atoms with Crippen LogP contribution >= 0.6 is 23.2 Å². The van der Waals surface area contributed by atoms with E-state index >= 15 is 0 Å². The smallest absolute Gasteiger partial charge is 0.235 e. The maximum atomic E-state index is 12.1. The highest BCUT2D eigenvalue weighted by atomic mass is 35.5. The van der Waals surface area contributed by atoms with Crippen molar-refractivity contribution in [3.8, 4) is 0 Å². The second-order valence-electron chi connectivity index (χ2n) is 4.20. The quantitative estimate of drug-likeness (QED) is 0.917. The first kappa shape index (κ1) is 12.7. The lowest BCUT2D eigenvalue weighted by molar-refractivity contribution is -0.156. The van der Waals surface area contributed by atoms with E-state index in [-0.39, 0.29) is 5.91 Å². The summed E-state index contributed by atoms with van der Waals surface area (Å²) >= 11 is 11.8. The van der Waals surface area contributed by atoms with Gasteiger partial charge in [-0.25, -0.2) is 0 Å². The van der Waals surface area contributed by atoms with Crippen LogP contribution in [0.25, 0.3) is 0 Å². The summed E-state index contributed by atoms with van der Waals surface area (Å²) in [7, 11) is 0. The molecule has 5 heteroatoms. The number of halogens is 2. The van der Waals surface area contributed by atoms with Crippen LogP contribution in [0.15, 0.2) is 18.2 Å². The molecule has 0 aliphatic carbocycles. The van der Waals surface area contributed by atoms with Gasteiger partial charge in [-0.1, -0.05) is 30.1 Å². The van der Waals surface area contributed by atoms with Crippen LogP contribution in [0.2, 0.25) is 10.0 Å². The van der Waals surface area contributed by atoms with Crippen molar-refractivity contribution < 1.29 is 9.53 Å². The van der Waals surface area contributed by atoms with Crippen LogP contribution in [0.5, 0.6) is 0 Å². The largest absolute Gasteiger partial charge is 0.379 e. The molecule has 3 nitrogen and oxygen atoms in total. The van der Waals surface area contributed by atoms with E-state index < -0.39 is 5.41 Å². The van der Waals surface area contributed by atoms with E-state index in [1.165, 1.54) is 0 Å². The Bertz CT molecular complexity index is 439. The fourth-order valence-electron chi connectivity index (χ4n) is 1.69. The molecule has 1 aliphatic rings. The van der Waals surface area contributed by atoms with Gasteiger partial charge < -0.3 is 10.1 Å². The van der Waals surface area contributed by atoms with Crippen LogP contribution < -0.4 is 5.32 Å². The van der Waals surface area contributed by atoms with Crippen molar-refractivity contribution >= 4 is 34.8 Å². The molecule has 0 unspecified atom stereocenters. The minimum Gasteiger partial charge on any atom is -0.379 e. The predicted octanol–water partition coefficient (Wildman–Crippen LogP) is 3.36. The van der Waals surface area contributed by atoms with Crippen LogP contribution in [0.4, 0.5) is 5.69 Å². The first-order valence-electron chi connectivity index (χ1n) is 5.42. The number of amides is 1. The topological polar surface area (TPSA) is 38.3 Å². The summed E-state index contributed by atoms with van der Waals surface area (Å²) in [4.78, 5) is 12.1. The van der Waals surface area contributed by atoms with Gasteiger partial charge >= 0.3 is 0 Å². The maximum Gasteiger partial charge on any atom is 0.235 e. The van der Waals surface area contributed by atoms with Crippen LogP contribution in [0.3, 0.4) is 0 Å². The van der Waals surface area contributed by atoms with Gasteiger partial charge in [0.05, 0.1) is 29.3 Å². The lowest BCUT2D eigenvalue weighted by Crippen LogP contribution is -2.51. The fraction of sp³-hybridized carbons (Fsp3) is 0.417. The van der Waals surface area contributed by atoms with E-state index in [9.17, 15) is 4.79 Å². The van der Waals surface area contributed by atoms with Crippen LogP contribution in [0.1, 0.15) is 13.3 Å². The van der Waals surface area contributed by atoms with E-state index in [0.717, 1.165) is 6.42 Å². The number of benzene rings is 1. The molecule has 1 saturated heterocycles. The molecule has 0 spiro atoms. The van der Waals surface area contributed by atoms with Gasteiger partial charge in [0, 0.05) is 5.02 Å². The van der Waals surface area contributed by atoms with E-state index in [2.05, 4.69) is 5.32 Å². The molecule has 0 atom stereocenters. The lowest BCUT2D eigenvalue weighted by Gasteiger charge is -2.39. The minimum atomic E-state index is -0.400. The van der Waals surface area contributed by atoms with Crippen molar-refractivity contribution in [3.05, 3.63) is 28.2 Å². The number of carbonyl (C=O) groups excluding carboxylic acids is 1. The maximum absolute atomic E-state index is 12.1. The molecule has 1 aliphatic heterocycles. The second-order valence-corrected chi connectivity index (χ2v) is 5.05. The van der Waals surface area contributed by atoms with E-state index in [0.29, 0.717) is 28.9 Å². The Hall–Kier alpha value is -0.770. The highest BCUT2D eigenvalue weighted by Gasteiger charge is 2.44. The van der Waals surface area contributed by atoms with Gasteiger partial charge in [0.25, 0.3) is 0 Å². The summed E-state index contributed by atoms with van der Waals surface area (Å²) in [5.41, 5.74) is 0.184. The standard InChI is InChI=1S/C12H13Cl2NO2/c1-2-12(6-17-7-12)11(16)15-10-4-3-8(13)5-9(10)14/h3-5H,2,6-7H2,1H3,(H,15,16). The number of ether oxygens (including phenoxy) is 1. The van der Waals surface area contributed by atoms with Gasteiger partial charge in [-0.2, -0.15) is 0 Å². The average Bonchev–Trinajstić information content (AvgIpc) is 2.21. The summed E-state index contributed by atoms with van der Waals surface area (Å²) < 4.78 is 5.12. The first-order valence-corrected chi connectivity index (χ1v) is 6.17. The second kappa shape index (κ2) is 4.84. The zero-order chi connectivity index (χ0) is 12.5. The van der Waals surface area contributed by atoms with Crippen molar-refractivity contribution in [2.24, 2.45) is 5.41 Å². The molecule has 0 radical (unpaired) electrons. The molecule has 0 bridgehead atoms. The van der Waals surface area contributed by atoms with Gasteiger partial charge in [0.2, 0.25) is 5.91 Å². The Kier molecular flexibility index (Phi) is 3.61. The third-order valence-corrected chi connectivity index (χ3v) is 3.64. The molecule has 1 heterocycles. The Balaban J connectivity index is 2.13. The zero-order valence-corrected chi connectivity index (χ0v) is 10.9. The molecule has 1 amide bonds. The van der Waals surface area contributed by atoms with Crippen LogP contribution in [-0.4, -0.2) is 19.1 Å². The molecule has 92 valence electrons. The van der Waals surface area contributed by atoms with Crippen molar-refractivity contribution in [1.29, 1.82) is 0 Å². The van der Waals surface area contributed by atoms with Gasteiger partial charge in [0.15, 0.2) is 0 Å². The average molecular weight is 274 g/mol. The SMILES string of the molecule is CCC1(C(=O)Nc2ccc(Cl)cc2Cl)COC1. The molecule has 1 aromatic rings. The highest BCUT2D eigenvalue weighted by Crippen LogP contribution is 2.34. The zero-order valence-electron chi connectivity index (χ0n) is 9.43. The Morgan fingerprint density at radius 1 is 1.47 bits per heavy atom. The van der Waals surface area contributed by atoms with Crippen LogP contribution in [-0.2, 0) is 9.53 Å². The minimum absolute atomic E-state index is 0.0459. The van der Waals surface area contributed by atoms with Gasteiger partial charge in [-0.15, -0.1) is 0 Å². The number of carbonyl (C=O) groups is 1. The van der Waals surface area contributed by atoms with Crippen LogP contribution in [0, 0.1) is 5.41 Å². The summed E-state index contributed by atoms with van der Waals surface area (Å²) in [5, 5.41) is 3.81. The molecular formula is C12H13Cl2NO2. The van der Waals surface area contributed by atoms with E-state index in [1.807, 2.05) is 6.92 Å². The van der Waals surface area contributed by atoms with Crippen molar-refractivity contribution in [2.45, 2.75) is 13.3 Å². The molecule has 1 aromatic carbocycles. The highest BCUT2D eigenvalue weighted by molar-refractivity contribution is 6.36. The monoisotopic (exact) mass is 273 g/mol. The Morgan fingerprint density at radius 2 is 2.18 bits per heavy atom. The molecule has 0 saturated carbocycles. The summed E-state index contributed by atoms with van der Waals surface area (Å²) in [5.74, 6) is -0.0459. The number of hydrogen-bond acceptors (Lipinski definition) is 2. The fourth-order valence-corrected chi connectivity index (χ4v) is 2.15. The Labute approximate surface area is 110 Å². The molecule has 0 aromatic heterocycles. The third-order valence-electron chi connectivity index (χ3n) is 3.09. The van der Waals surface area contributed by atoms with Gasteiger partial charge in [-0.05, 0) is 24.6 Å². The number of hydrogen-bond donors (Lipinski definition) is 1. The number of rotatable bonds is 3. The number of nitrogens with one attached hydrogen (secondary N) is 1. The van der Waals surface area contributed by atoms with E-state index in [4.69, 9.17) is 27.9 Å². The molecule has 2 rings (SSSR count). The van der Waals surface area contributed by atoms with Crippen molar-refractivity contribution in [3.63, 3.8) is 0 Å². The lowest BCUT2D eigenvalue weighted by atomic mass is 9.82. The normalized spacial score (nSPS) is 17.4. The van der Waals surface area contributed by atoms with Gasteiger partial charge in [-0.3, -0.25) is 4.79 Å². The van der Waals surface area contributed by atoms with E-state index in [1.54, 1.807) is 18.2 Å². The third kappa shape index (κ3) is 2.41. The number of anilines is 1. The predicted molar refractivity (Wildman–Crippen MR) is 68.6 cm³/mol. The summed E-state index contributed by atoms with van der Waals surface area (Å²) in [6, 6.07) is 5.00. The molecular weight excluding hydrogens is 261 g/mol. The molecule has 1 N–H and O–H groups in total. The summed E-state index contributed by atoms with van der Waals surface area (Å²) in [6.45, 7) is 2.92. The Morgan fingerprint density at radius 3 is 2.65 bits per heavy atom. The van der Waals surface area contributed by atoms with Crippen molar-refractivity contribution in [1.82, 2.24) is 0 Å². The molecule has 1 fully saturated rings.